The molecule has 0 unspecified atom stereocenters. The third kappa shape index (κ3) is 4.21. The Kier molecular flexibility index (Phi) is 5.70. The van der Waals surface area contributed by atoms with Crippen LogP contribution in [0.3, 0.4) is 0 Å². The quantitative estimate of drug-likeness (QED) is 0.453. The van der Waals surface area contributed by atoms with Crippen molar-refractivity contribution in [2.75, 3.05) is 6.54 Å². The molecule has 0 fully saturated rings. The van der Waals surface area contributed by atoms with Gasteiger partial charge in [-0.05, 0) is 63.9 Å². The molecule has 34 heavy (non-hydrogen) atoms. The number of tetrazole rings is 1. The summed E-state index contributed by atoms with van der Waals surface area (Å²) in [6.07, 6.45) is 5.36. The first-order valence-electron chi connectivity index (χ1n) is 10.9. The van der Waals surface area contributed by atoms with Gasteiger partial charge in [0.05, 0.1) is 6.54 Å². The number of hydrogen-bond donors (Lipinski definition) is 0. The SMILES string of the molecule is Cc1cc(-c2cc3c(n(Cc4cccnc4)c2=O)CCN(C(=O)Cn2cnnn2)C3)ccc1F. The summed E-state index contributed by atoms with van der Waals surface area (Å²) in [5, 5.41) is 10.9. The van der Waals surface area contributed by atoms with E-state index in [1.165, 1.54) is 17.1 Å². The highest BCUT2D eigenvalue weighted by molar-refractivity contribution is 5.76. The van der Waals surface area contributed by atoms with Gasteiger partial charge in [0.1, 0.15) is 18.7 Å². The molecular weight excluding hydrogens is 437 g/mol. The van der Waals surface area contributed by atoms with E-state index in [0.717, 1.165) is 16.8 Å². The van der Waals surface area contributed by atoms with Crippen molar-refractivity contribution in [3.63, 3.8) is 0 Å². The zero-order valence-corrected chi connectivity index (χ0v) is 18.6. The number of fused-ring (bicyclic) bond motifs is 1. The van der Waals surface area contributed by atoms with Gasteiger partial charge >= 0.3 is 0 Å². The zero-order chi connectivity index (χ0) is 23.7. The molecule has 1 amide bonds. The summed E-state index contributed by atoms with van der Waals surface area (Å²) < 4.78 is 17.0. The van der Waals surface area contributed by atoms with Crippen LogP contribution in [0, 0.1) is 12.7 Å². The topological polar surface area (TPSA) is 98.8 Å². The molecule has 4 heterocycles. The minimum Gasteiger partial charge on any atom is -0.336 e. The average molecular weight is 459 g/mol. The summed E-state index contributed by atoms with van der Waals surface area (Å²) in [6.45, 7) is 2.92. The van der Waals surface area contributed by atoms with E-state index in [4.69, 9.17) is 0 Å². The van der Waals surface area contributed by atoms with Gasteiger partial charge < -0.3 is 9.47 Å². The molecule has 1 aliphatic heterocycles. The van der Waals surface area contributed by atoms with Crippen LogP contribution < -0.4 is 5.56 Å². The summed E-state index contributed by atoms with van der Waals surface area (Å²) >= 11 is 0. The molecule has 4 aromatic rings. The molecule has 5 rings (SSSR count). The molecule has 0 aliphatic carbocycles. The molecule has 0 radical (unpaired) electrons. The van der Waals surface area contributed by atoms with Crippen LogP contribution in [0.5, 0.6) is 0 Å². The van der Waals surface area contributed by atoms with E-state index >= 15 is 0 Å². The Bertz CT molecular complexity index is 1400. The third-order valence-corrected chi connectivity index (χ3v) is 6.04. The second kappa shape index (κ2) is 8.97. The lowest BCUT2D eigenvalue weighted by Crippen LogP contribution is -2.41. The number of hydrogen-bond acceptors (Lipinski definition) is 6. The van der Waals surface area contributed by atoms with Crippen LogP contribution in [0.1, 0.15) is 22.4 Å². The first-order chi connectivity index (χ1) is 16.5. The Balaban J connectivity index is 1.56. The molecule has 0 saturated heterocycles. The molecule has 0 atom stereocenters. The average Bonchev–Trinajstić information content (AvgIpc) is 3.36. The Morgan fingerprint density at radius 2 is 2.09 bits per heavy atom. The van der Waals surface area contributed by atoms with E-state index in [2.05, 4.69) is 20.5 Å². The van der Waals surface area contributed by atoms with Crippen LogP contribution in [0.15, 0.2) is 59.9 Å². The van der Waals surface area contributed by atoms with Crippen LogP contribution >= 0.6 is 0 Å². The predicted octanol–water partition coefficient (Wildman–Crippen LogP) is 1.98. The van der Waals surface area contributed by atoms with Gasteiger partial charge in [0.15, 0.2) is 0 Å². The van der Waals surface area contributed by atoms with E-state index in [1.54, 1.807) is 40.9 Å². The largest absolute Gasteiger partial charge is 0.336 e. The number of carbonyl (C=O) groups excluding carboxylic acids is 1. The lowest BCUT2D eigenvalue weighted by molar-refractivity contribution is -0.133. The summed E-state index contributed by atoms with van der Waals surface area (Å²) in [5.74, 6) is -0.432. The van der Waals surface area contributed by atoms with Crippen LogP contribution in [0.4, 0.5) is 4.39 Å². The standard InChI is InChI=1S/C24H22FN7O2/c1-16-9-18(4-5-21(16)25)20-10-19-13-30(23(33)14-31-15-27-28-29-31)8-6-22(19)32(24(20)34)12-17-3-2-7-26-11-17/h2-5,7,9-11,15H,6,8,12-14H2,1H3. The number of carbonyl (C=O) groups is 1. The van der Waals surface area contributed by atoms with Gasteiger partial charge in [-0.15, -0.1) is 5.10 Å². The molecular formula is C24H22FN7O2. The highest BCUT2D eigenvalue weighted by atomic mass is 19.1. The fourth-order valence-electron chi connectivity index (χ4n) is 4.28. The Morgan fingerprint density at radius 1 is 1.21 bits per heavy atom. The number of benzene rings is 1. The molecule has 172 valence electrons. The van der Waals surface area contributed by atoms with Gasteiger partial charge in [-0.3, -0.25) is 14.6 Å². The van der Waals surface area contributed by atoms with Crippen LogP contribution in [0.25, 0.3) is 11.1 Å². The zero-order valence-electron chi connectivity index (χ0n) is 18.6. The third-order valence-electron chi connectivity index (χ3n) is 6.04. The van der Waals surface area contributed by atoms with Gasteiger partial charge in [-0.1, -0.05) is 12.1 Å². The highest BCUT2D eigenvalue weighted by Gasteiger charge is 2.26. The van der Waals surface area contributed by atoms with E-state index < -0.39 is 0 Å². The van der Waals surface area contributed by atoms with Crippen molar-refractivity contribution in [3.8, 4) is 11.1 Å². The van der Waals surface area contributed by atoms with E-state index in [-0.39, 0.29) is 23.8 Å². The predicted molar refractivity (Wildman–Crippen MR) is 121 cm³/mol. The molecule has 0 saturated carbocycles. The molecule has 0 bridgehead atoms. The Labute approximate surface area is 194 Å². The minimum atomic E-state index is -0.322. The maximum absolute atomic E-state index is 13.9. The smallest absolute Gasteiger partial charge is 0.258 e. The lowest BCUT2D eigenvalue weighted by atomic mass is 9.97. The second-order valence-corrected chi connectivity index (χ2v) is 8.32. The number of halogens is 1. The first-order valence-corrected chi connectivity index (χ1v) is 10.9. The van der Waals surface area contributed by atoms with E-state index in [9.17, 15) is 14.0 Å². The Morgan fingerprint density at radius 3 is 2.82 bits per heavy atom. The number of aromatic nitrogens is 6. The number of amides is 1. The normalized spacial score (nSPS) is 13.1. The summed E-state index contributed by atoms with van der Waals surface area (Å²) in [5.41, 5.74) is 4.11. The monoisotopic (exact) mass is 459 g/mol. The van der Waals surface area contributed by atoms with Gasteiger partial charge in [0.25, 0.3) is 5.56 Å². The van der Waals surface area contributed by atoms with Crippen molar-refractivity contribution in [2.24, 2.45) is 0 Å². The second-order valence-electron chi connectivity index (χ2n) is 8.32. The molecule has 1 aliphatic rings. The van der Waals surface area contributed by atoms with Gasteiger partial charge in [0.2, 0.25) is 5.91 Å². The number of pyridine rings is 2. The maximum Gasteiger partial charge on any atom is 0.258 e. The van der Waals surface area contributed by atoms with Crippen molar-refractivity contribution in [2.45, 2.75) is 33.0 Å². The van der Waals surface area contributed by atoms with Gasteiger partial charge in [-0.25, -0.2) is 9.07 Å². The van der Waals surface area contributed by atoms with E-state index in [1.807, 2.05) is 18.2 Å². The van der Waals surface area contributed by atoms with Crippen LogP contribution in [0.2, 0.25) is 0 Å². The highest BCUT2D eigenvalue weighted by Crippen LogP contribution is 2.26. The van der Waals surface area contributed by atoms with Crippen LogP contribution in [-0.4, -0.2) is 47.1 Å². The minimum absolute atomic E-state index is 0.0433. The first kappa shape index (κ1) is 21.6. The van der Waals surface area contributed by atoms with E-state index in [0.29, 0.717) is 42.7 Å². The summed E-state index contributed by atoms with van der Waals surface area (Å²) in [7, 11) is 0. The molecule has 3 aromatic heterocycles. The summed E-state index contributed by atoms with van der Waals surface area (Å²) in [4.78, 5) is 32.4. The fourth-order valence-corrected chi connectivity index (χ4v) is 4.28. The fraction of sp³-hybridized carbons (Fsp3) is 0.250. The molecule has 10 heteroatoms. The molecule has 1 aromatic carbocycles. The molecule has 0 spiro atoms. The maximum atomic E-state index is 13.9. The van der Waals surface area contributed by atoms with Crippen molar-refractivity contribution >= 4 is 5.91 Å². The van der Waals surface area contributed by atoms with Crippen molar-refractivity contribution < 1.29 is 9.18 Å². The molecule has 9 nitrogen and oxygen atoms in total. The van der Waals surface area contributed by atoms with Crippen molar-refractivity contribution in [3.05, 3.63) is 93.7 Å². The lowest BCUT2D eigenvalue weighted by Gasteiger charge is -2.31. The Hall–Kier alpha value is -4.21. The van der Waals surface area contributed by atoms with Crippen molar-refractivity contribution in [1.29, 1.82) is 0 Å². The van der Waals surface area contributed by atoms with Crippen LogP contribution in [-0.2, 0) is 30.8 Å². The summed E-state index contributed by atoms with van der Waals surface area (Å²) in [6, 6.07) is 10.3. The number of rotatable bonds is 5. The number of nitrogens with zero attached hydrogens (tertiary/aromatic N) is 7. The van der Waals surface area contributed by atoms with Gasteiger partial charge in [0, 0.05) is 43.2 Å². The van der Waals surface area contributed by atoms with Gasteiger partial charge in [-0.2, -0.15) is 0 Å². The van der Waals surface area contributed by atoms with Crippen molar-refractivity contribution in [1.82, 2.24) is 34.7 Å². The number of aryl methyl sites for hydroxylation is 1. The molecule has 0 N–H and O–H groups in total.